The van der Waals surface area contributed by atoms with Crippen LogP contribution in [0.1, 0.15) is 15.9 Å². The number of fused-ring (bicyclic) bond motifs is 1. The van der Waals surface area contributed by atoms with Gasteiger partial charge >= 0.3 is 0 Å². The third-order valence-electron chi connectivity index (χ3n) is 3.76. The Morgan fingerprint density at radius 1 is 1.17 bits per heavy atom. The number of pyridine rings is 1. The monoisotopic (exact) mass is 302 g/mol. The highest BCUT2D eigenvalue weighted by atomic mass is 16.1. The maximum Gasteiger partial charge on any atom is 0.252 e. The van der Waals surface area contributed by atoms with Gasteiger partial charge in [0.15, 0.2) is 0 Å². The summed E-state index contributed by atoms with van der Waals surface area (Å²) >= 11 is 0. The number of hydrogen-bond donors (Lipinski definition) is 1. The van der Waals surface area contributed by atoms with E-state index in [1.807, 2.05) is 61.5 Å². The Balaban J connectivity index is 2.22. The zero-order valence-corrected chi connectivity index (χ0v) is 13.0. The summed E-state index contributed by atoms with van der Waals surface area (Å²) in [5, 5.41) is 3.72. The molecule has 114 valence electrons. The van der Waals surface area contributed by atoms with E-state index in [2.05, 4.69) is 11.9 Å². The van der Waals surface area contributed by atoms with E-state index in [1.165, 1.54) is 0 Å². The first-order valence-electron chi connectivity index (χ1n) is 7.55. The lowest BCUT2D eigenvalue weighted by Gasteiger charge is -2.11. The quantitative estimate of drug-likeness (QED) is 0.736. The van der Waals surface area contributed by atoms with Gasteiger partial charge in [0.25, 0.3) is 5.91 Å². The van der Waals surface area contributed by atoms with Gasteiger partial charge in [-0.15, -0.1) is 6.58 Å². The summed E-state index contributed by atoms with van der Waals surface area (Å²) in [5.41, 5.74) is 4.35. The van der Waals surface area contributed by atoms with Crippen molar-refractivity contribution in [1.29, 1.82) is 0 Å². The summed E-state index contributed by atoms with van der Waals surface area (Å²) in [6.45, 7) is 6.09. The topological polar surface area (TPSA) is 42.0 Å². The van der Waals surface area contributed by atoms with Crippen molar-refractivity contribution in [2.45, 2.75) is 6.92 Å². The minimum Gasteiger partial charge on any atom is -0.349 e. The van der Waals surface area contributed by atoms with Crippen molar-refractivity contribution in [1.82, 2.24) is 10.3 Å². The van der Waals surface area contributed by atoms with E-state index in [4.69, 9.17) is 4.98 Å². The Bertz CT molecular complexity index is 869. The molecule has 1 heterocycles. The summed E-state index contributed by atoms with van der Waals surface area (Å²) in [7, 11) is 0. The smallest absolute Gasteiger partial charge is 0.252 e. The maximum atomic E-state index is 12.5. The van der Waals surface area contributed by atoms with E-state index >= 15 is 0 Å². The van der Waals surface area contributed by atoms with Gasteiger partial charge < -0.3 is 5.32 Å². The highest BCUT2D eigenvalue weighted by molar-refractivity contribution is 6.07. The van der Waals surface area contributed by atoms with Crippen LogP contribution in [-0.2, 0) is 0 Å². The van der Waals surface area contributed by atoms with E-state index in [1.54, 1.807) is 6.08 Å². The molecule has 0 saturated heterocycles. The Morgan fingerprint density at radius 3 is 2.70 bits per heavy atom. The third kappa shape index (κ3) is 2.99. The number of rotatable bonds is 4. The molecule has 3 rings (SSSR count). The number of para-hydroxylation sites is 1. The lowest BCUT2D eigenvalue weighted by atomic mass is 10.0. The predicted octanol–water partition coefficient (Wildman–Crippen LogP) is 4.13. The molecule has 3 heteroatoms. The van der Waals surface area contributed by atoms with Crippen LogP contribution in [0.15, 0.2) is 67.3 Å². The average Bonchev–Trinajstić information content (AvgIpc) is 2.60. The standard InChI is InChI=1S/C20H18N2O/c1-3-12-21-20(23)17-13-18(15-9-5-4-6-10-15)22-19-14(2)8-7-11-16(17)19/h3-11,13H,1,12H2,2H3,(H,21,23). The molecule has 1 N–H and O–H groups in total. The molecule has 0 atom stereocenters. The van der Waals surface area contributed by atoms with Gasteiger partial charge in [-0.1, -0.05) is 54.6 Å². The first kappa shape index (κ1) is 15.0. The van der Waals surface area contributed by atoms with Gasteiger partial charge in [0.05, 0.1) is 16.8 Å². The molecule has 0 spiro atoms. The molecule has 3 nitrogen and oxygen atoms in total. The van der Waals surface area contributed by atoms with Crippen molar-refractivity contribution in [2.24, 2.45) is 0 Å². The molecule has 3 aromatic rings. The second-order valence-electron chi connectivity index (χ2n) is 5.39. The molecule has 0 unspecified atom stereocenters. The van der Waals surface area contributed by atoms with Crippen LogP contribution in [0.5, 0.6) is 0 Å². The van der Waals surface area contributed by atoms with E-state index in [-0.39, 0.29) is 5.91 Å². The molecule has 0 radical (unpaired) electrons. The maximum absolute atomic E-state index is 12.5. The molecule has 23 heavy (non-hydrogen) atoms. The normalized spacial score (nSPS) is 10.5. The van der Waals surface area contributed by atoms with E-state index < -0.39 is 0 Å². The minimum absolute atomic E-state index is 0.111. The second kappa shape index (κ2) is 6.44. The number of aromatic nitrogens is 1. The van der Waals surface area contributed by atoms with Crippen LogP contribution < -0.4 is 5.32 Å². The summed E-state index contributed by atoms with van der Waals surface area (Å²) in [6, 6.07) is 17.7. The van der Waals surface area contributed by atoms with E-state index in [0.717, 1.165) is 27.7 Å². The van der Waals surface area contributed by atoms with Crippen molar-refractivity contribution >= 4 is 16.8 Å². The third-order valence-corrected chi connectivity index (χ3v) is 3.76. The molecule has 0 saturated carbocycles. The van der Waals surface area contributed by atoms with E-state index in [0.29, 0.717) is 12.1 Å². The SMILES string of the molecule is C=CCNC(=O)c1cc(-c2ccccc2)nc2c(C)cccc12. The van der Waals surface area contributed by atoms with Crippen LogP contribution in [0, 0.1) is 6.92 Å². The van der Waals surface area contributed by atoms with Crippen LogP contribution >= 0.6 is 0 Å². The molecule has 0 fully saturated rings. The zero-order chi connectivity index (χ0) is 16.2. The molecule has 1 amide bonds. The summed E-state index contributed by atoms with van der Waals surface area (Å²) in [4.78, 5) is 17.3. The van der Waals surface area contributed by atoms with Gasteiger partial charge in [-0.05, 0) is 18.6 Å². The summed E-state index contributed by atoms with van der Waals surface area (Å²) in [6.07, 6.45) is 1.67. The highest BCUT2D eigenvalue weighted by Gasteiger charge is 2.14. The van der Waals surface area contributed by atoms with Gasteiger partial charge in [0, 0.05) is 17.5 Å². The first-order valence-corrected chi connectivity index (χ1v) is 7.55. The minimum atomic E-state index is -0.111. The van der Waals surface area contributed by atoms with Crippen molar-refractivity contribution in [3.05, 3.63) is 78.4 Å². The number of hydrogen-bond acceptors (Lipinski definition) is 2. The fourth-order valence-electron chi connectivity index (χ4n) is 2.60. The van der Waals surface area contributed by atoms with Crippen LogP contribution in [-0.4, -0.2) is 17.4 Å². The molecule has 1 aromatic heterocycles. The van der Waals surface area contributed by atoms with Crippen LogP contribution in [0.25, 0.3) is 22.2 Å². The molecule has 0 aliphatic rings. The zero-order valence-electron chi connectivity index (χ0n) is 13.0. The largest absolute Gasteiger partial charge is 0.349 e. The predicted molar refractivity (Wildman–Crippen MR) is 94.4 cm³/mol. The Hall–Kier alpha value is -2.94. The van der Waals surface area contributed by atoms with E-state index in [9.17, 15) is 4.79 Å². The molecule has 0 aliphatic carbocycles. The second-order valence-corrected chi connectivity index (χ2v) is 5.39. The van der Waals surface area contributed by atoms with Crippen molar-refractivity contribution in [3.8, 4) is 11.3 Å². The van der Waals surface area contributed by atoms with Gasteiger partial charge in [0.2, 0.25) is 0 Å². The van der Waals surface area contributed by atoms with Gasteiger partial charge in [-0.2, -0.15) is 0 Å². The Labute approximate surface area is 135 Å². The van der Waals surface area contributed by atoms with Crippen LogP contribution in [0.3, 0.4) is 0 Å². The lowest BCUT2D eigenvalue weighted by molar-refractivity contribution is 0.0959. The molecule has 0 bridgehead atoms. The number of nitrogens with zero attached hydrogens (tertiary/aromatic N) is 1. The number of aryl methyl sites for hydroxylation is 1. The fraction of sp³-hybridized carbons (Fsp3) is 0.100. The first-order chi connectivity index (χ1) is 11.2. The van der Waals surface area contributed by atoms with Crippen molar-refractivity contribution < 1.29 is 4.79 Å². The number of nitrogens with one attached hydrogen (secondary N) is 1. The van der Waals surface area contributed by atoms with Gasteiger partial charge in [0.1, 0.15) is 0 Å². The number of carbonyl (C=O) groups excluding carboxylic acids is 1. The van der Waals surface area contributed by atoms with Gasteiger partial charge in [-0.3, -0.25) is 4.79 Å². The Kier molecular flexibility index (Phi) is 4.20. The number of carbonyl (C=O) groups is 1. The van der Waals surface area contributed by atoms with Crippen molar-refractivity contribution in [2.75, 3.05) is 6.54 Å². The molecule has 0 aliphatic heterocycles. The lowest BCUT2D eigenvalue weighted by Crippen LogP contribution is -2.23. The highest BCUT2D eigenvalue weighted by Crippen LogP contribution is 2.26. The Morgan fingerprint density at radius 2 is 1.96 bits per heavy atom. The molecular formula is C20H18N2O. The summed E-state index contributed by atoms with van der Waals surface area (Å²) < 4.78 is 0. The number of benzene rings is 2. The van der Waals surface area contributed by atoms with Crippen molar-refractivity contribution in [3.63, 3.8) is 0 Å². The van der Waals surface area contributed by atoms with Gasteiger partial charge in [-0.25, -0.2) is 4.98 Å². The molecular weight excluding hydrogens is 284 g/mol. The van der Waals surface area contributed by atoms with Crippen LogP contribution in [0.4, 0.5) is 0 Å². The van der Waals surface area contributed by atoms with Crippen LogP contribution in [0.2, 0.25) is 0 Å². The summed E-state index contributed by atoms with van der Waals surface area (Å²) in [5.74, 6) is -0.111. The molecule has 2 aromatic carbocycles. The fourth-order valence-corrected chi connectivity index (χ4v) is 2.60. The average molecular weight is 302 g/mol. The number of amides is 1.